The van der Waals surface area contributed by atoms with Crippen LogP contribution >= 0.6 is 11.6 Å². The summed E-state index contributed by atoms with van der Waals surface area (Å²) in [6.07, 6.45) is 0.475. The average molecular weight is 348 g/mol. The average Bonchev–Trinajstić information content (AvgIpc) is 2.89. The summed E-state index contributed by atoms with van der Waals surface area (Å²) in [5.74, 6) is 1.29. The van der Waals surface area contributed by atoms with Crippen molar-refractivity contribution in [2.75, 3.05) is 26.6 Å². The van der Waals surface area contributed by atoms with Crippen LogP contribution in [0.2, 0.25) is 5.02 Å². The van der Waals surface area contributed by atoms with Crippen LogP contribution in [-0.4, -0.2) is 27.2 Å². The highest BCUT2D eigenvalue weighted by atomic mass is 35.5. The summed E-state index contributed by atoms with van der Waals surface area (Å²) in [5, 5.41) is 3.50. The first-order valence-corrected chi connectivity index (χ1v) is 7.85. The summed E-state index contributed by atoms with van der Waals surface area (Å²) >= 11 is 6.08. The van der Waals surface area contributed by atoms with E-state index in [9.17, 15) is 4.79 Å². The molecule has 2 aromatic rings. The number of nitrogens with one attached hydrogen (secondary N) is 1. The first kappa shape index (κ1) is 16.5. The van der Waals surface area contributed by atoms with E-state index in [1.54, 1.807) is 27.4 Å². The molecular weight excluding hydrogens is 330 g/mol. The van der Waals surface area contributed by atoms with Gasteiger partial charge in [0.15, 0.2) is 11.5 Å². The summed E-state index contributed by atoms with van der Waals surface area (Å²) in [7, 11) is 4.70. The minimum Gasteiger partial charge on any atom is -0.493 e. The lowest BCUT2D eigenvalue weighted by atomic mass is 9.92. The molecule has 0 aliphatic carbocycles. The van der Waals surface area contributed by atoms with Gasteiger partial charge in [0.05, 0.1) is 27.2 Å². The summed E-state index contributed by atoms with van der Waals surface area (Å²) < 4.78 is 16.2. The van der Waals surface area contributed by atoms with Crippen molar-refractivity contribution in [3.63, 3.8) is 0 Å². The molecule has 1 heterocycles. The van der Waals surface area contributed by atoms with Crippen molar-refractivity contribution >= 4 is 23.2 Å². The molecule has 2 aromatic carbocycles. The van der Waals surface area contributed by atoms with E-state index in [1.807, 2.05) is 24.3 Å². The van der Waals surface area contributed by atoms with E-state index in [0.29, 0.717) is 28.7 Å². The number of ether oxygens (including phenoxy) is 3. The smallest absolute Gasteiger partial charge is 0.232 e. The minimum absolute atomic E-state index is 0.0518. The predicted molar refractivity (Wildman–Crippen MR) is 92.6 cm³/mol. The second-order valence-electron chi connectivity index (χ2n) is 5.47. The lowest BCUT2D eigenvalue weighted by Crippen LogP contribution is -2.15. The Morgan fingerprint density at radius 2 is 1.79 bits per heavy atom. The molecule has 6 heteroatoms. The summed E-state index contributed by atoms with van der Waals surface area (Å²) in [5.41, 5.74) is 2.56. The molecule has 5 nitrogen and oxygen atoms in total. The monoisotopic (exact) mass is 347 g/mol. The van der Waals surface area contributed by atoms with Gasteiger partial charge in [0.25, 0.3) is 0 Å². The number of fused-ring (bicyclic) bond motifs is 1. The Labute approximate surface area is 145 Å². The van der Waals surface area contributed by atoms with Gasteiger partial charge in [0.1, 0.15) is 0 Å². The maximum absolute atomic E-state index is 12.4. The number of hydrogen-bond acceptors (Lipinski definition) is 4. The largest absolute Gasteiger partial charge is 0.493 e. The van der Waals surface area contributed by atoms with Crippen molar-refractivity contribution in [3.05, 3.63) is 46.5 Å². The number of carbonyl (C=O) groups excluding carboxylic acids is 1. The Hall–Kier alpha value is -2.40. The molecule has 1 atom stereocenters. The highest BCUT2D eigenvalue weighted by Gasteiger charge is 2.32. The van der Waals surface area contributed by atoms with Crippen LogP contribution in [0.1, 0.15) is 17.0 Å². The number of anilines is 1. The molecule has 1 aliphatic heterocycles. The van der Waals surface area contributed by atoms with Crippen LogP contribution in [0, 0.1) is 0 Å². The number of amides is 1. The van der Waals surface area contributed by atoms with E-state index in [4.69, 9.17) is 25.8 Å². The van der Waals surface area contributed by atoms with E-state index < -0.39 is 0 Å². The first-order valence-electron chi connectivity index (χ1n) is 7.47. The van der Waals surface area contributed by atoms with Crippen LogP contribution in [0.4, 0.5) is 5.69 Å². The SMILES string of the molecule is COc1ccc(CC2C(=O)Nc3ccc(Cl)cc32)c(OC)c1OC. The summed E-state index contributed by atoms with van der Waals surface area (Å²) in [6.45, 7) is 0. The topological polar surface area (TPSA) is 56.8 Å². The molecule has 0 saturated carbocycles. The number of hydrogen-bond donors (Lipinski definition) is 1. The van der Waals surface area contributed by atoms with Gasteiger partial charge in [-0.3, -0.25) is 4.79 Å². The third-order valence-corrected chi connectivity index (χ3v) is 4.41. The van der Waals surface area contributed by atoms with Crippen molar-refractivity contribution in [2.45, 2.75) is 12.3 Å². The molecule has 1 N–H and O–H groups in total. The zero-order chi connectivity index (χ0) is 17.3. The highest BCUT2D eigenvalue weighted by Crippen LogP contribution is 2.43. The molecule has 0 radical (unpaired) electrons. The van der Waals surface area contributed by atoms with E-state index in [2.05, 4.69) is 5.32 Å². The molecular formula is C18H18ClNO4. The molecule has 0 spiro atoms. The predicted octanol–water partition coefficient (Wildman–Crippen LogP) is 3.64. The molecule has 1 amide bonds. The number of carbonyl (C=O) groups is 1. The van der Waals surface area contributed by atoms with Gasteiger partial charge < -0.3 is 19.5 Å². The Bertz CT molecular complexity index is 791. The minimum atomic E-state index is -0.328. The molecule has 126 valence electrons. The Balaban J connectivity index is 2.00. The van der Waals surface area contributed by atoms with Gasteiger partial charge in [-0.25, -0.2) is 0 Å². The highest BCUT2D eigenvalue weighted by molar-refractivity contribution is 6.31. The number of rotatable bonds is 5. The lowest BCUT2D eigenvalue weighted by Gasteiger charge is -2.17. The van der Waals surface area contributed by atoms with Gasteiger partial charge in [-0.05, 0) is 41.8 Å². The Kier molecular flexibility index (Phi) is 4.53. The van der Waals surface area contributed by atoms with Gasteiger partial charge >= 0.3 is 0 Å². The molecule has 3 rings (SSSR count). The maximum atomic E-state index is 12.4. The fourth-order valence-corrected chi connectivity index (χ4v) is 3.22. The van der Waals surface area contributed by atoms with Gasteiger partial charge in [-0.15, -0.1) is 0 Å². The third kappa shape index (κ3) is 2.76. The van der Waals surface area contributed by atoms with Crippen LogP contribution in [-0.2, 0) is 11.2 Å². The maximum Gasteiger partial charge on any atom is 0.232 e. The van der Waals surface area contributed by atoms with Crippen molar-refractivity contribution in [3.8, 4) is 17.2 Å². The zero-order valence-corrected chi connectivity index (χ0v) is 14.4. The fraction of sp³-hybridized carbons (Fsp3) is 0.278. The third-order valence-electron chi connectivity index (χ3n) is 4.17. The summed E-state index contributed by atoms with van der Waals surface area (Å²) in [6, 6.07) is 9.10. The van der Waals surface area contributed by atoms with E-state index in [1.165, 1.54) is 0 Å². The second-order valence-corrected chi connectivity index (χ2v) is 5.91. The van der Waals surface area contributed by atoms with Crippen molar-refractivity contribution < 1.29 is 19.0 Å². The van der Waals surface area contributed by atoms with Gasteiger partial charge in [-0.1, -0.05) is 17.7 Å². The van der Waals surface area contributed by atoms with Crippen LogP contribution in [0.15, 0.2) is 30.3 Å². The fourth-order valence-electron chi connectivity index (χ4n) is 3.04. The van der Waals surface area contributed by atoms with Crippen molar-refractivity contribution in [2.24, 2.45) is 0 Å². The van der Waals surface area contributed by atoms with E-state index >= 15 is 0 Å². The lowest BCUT2D eigenvalue weighted by molar-refractivity contribution is -0.117. The zero-order valence-electron chi connectivity index (χ0n) is 13.7. The molecule has 0 bridgehead atoms. The van der Waals surface area contributed by atoms with Crippen molar-refractivity contribution in [1.82, 2.24) is 0 Å². The van der Waals surface area contributed by atoms with E-state index in [-0.39, 0.29) is 11.8 Å². The first-order chi connectivity index (χ1) is 11.6. The van der Waals surface area contributed by atoms with Gasteiger partial charge in [-0.2, -0.15) is 0 Å². The summed E-state index contributed by atoms with van der Waals surface area (Å²) in [4.78, 5) is 12.4. The molecule has 1 aliphatic rings. The quantitative estimate of drug-likeness (QED) is 0.897. The van der Waals surface area contributed by atoms with Crippen LogP contribution in [0.3, 0.4) is 0 Å². The van der Waals surface area contributed by atoms with Crippen LogP contribution < -0.4 is 19.5 Å². The molecule has 0 fully saturated rings. The standard InChI is InChI=1S/C18H18ClNO4/c1-22-15-7-4-10(16(23-2)17(15)24-3)8-13-12-9-11(19)5-6-14(12)20-18(13)21/h4-7,9,13H,8H2,1-3H3,(H,20,21). The Morgan fingerprint density at radius 3 is 2.46 bits per heavy atom. The normalized spacial score (nSPS) is 15.7. The second kappa shape index (κ2) is 6.61. The van der Waals surface area contributed by atoms with Gasteiger partial charge in [0, 0.05) is 10.7 Å². The number of benzene rings is 2. The molecule has 0 aromatic heterocycles. The number of methoxy groups -OCH3 is 3. The molecule has 1 unspecified atom stereocenters. The Morgan fingerprint density at radius 1 is 1.04 bits per heavy atom. The molecule has 24 heavy (non-hydrogen) atoms. The van der Waals surface area contributed by atoms with Crippen LogP contribution in [0.25, 0.3) is 0 Å². The molecule has 0 saturated heterocycles. The van der Waals surface area contributed by atoms with Crippen molar-refractivity contribution in [1.29, 1.82) is 0 Å². The van der Waals surface area contributed by atoms with Gasteiger partial charge in [0.2, 0.25) is 11.7 Å². The van der Waals surface area contributed by atoms with Crippen LogP contribution in [0.5, 0.6) is 17.2 Å². The van der Waals surface area contributed by atoms with E-state index in [0.717, 1.165) is 16.8 Å². The number of halogens is 1.